The van der Waals surface area contributed by atoms with Crippen LogP contribution in [0.1, 0.15) is 5.56 Å². The first-order chi connectivity index (χ1) is 12.9. The lowest BCUT2D eigenvalue weighted by Gasteiger charge is -2.12. The van der Waals surface area contributed by atoms with Gasteiger partial charge in [-0.25, -0.2) is 13.4 Å². The standard InChI is InChI=1S/C17H17N5O4S/c1-11-5-3-7-18-15(11)13-9-12-6-4-8-19-16(12)17(20-13)21-22-27(24,25)10-14(23)26-2/h3-9,22H,10H2,1-2H3,(H,20,21). The number of aryl methyl sites for hydroxylation is 1. The lowest BCUT2D eigenvalue weighted by atomic mass is 10.1. The minimum Gasteiger partial charge on any atom is -0.468 e. The number of fused-ring (bicyclic) bond motifs is 1. The van der Waals surface area contributed by atoms with Crippen molar-refractivity contribution in [3.05, 3.63) is 48.3 Å². The highest BCUT2D eigenvalue weighted by molar-refractivity contribution is 7.90. The predicted octanol–water partition coefficient (Wildman–Crippen LogP) is 1.42. The number of ether oxygens (including phenoxy) is 1. The summed E-state index contributed by atoms with van der Waals surface area (Å²) < 4.78 is 28.3. The number of nitrogens with one attached hydrogen (secondary N) is 2. The normalized spacial score (nSPS) is 11.3. The lowest BCUT2D eigenvalue weighted by Crippen LogP contribution is -2.35. The van der Waals surface area contributed by atoms with Gasteiger partial charge in [0.1, 0.15) is 5.52 Å². The van der Waals surface area contributed by atoms with E-state index in [1.807, 2.05) is 31.2 Å². The van der Waals surface area contributed by atoms with Gasteiger partial charge in [-0.3, -0.25) is 20.2 Å². The van der Waals surface area contributed by atoms with Crippen molar-refractivity contribution < 1.29 is 17.9 Å². The average molecular weight is 387 g/mol. The highest BCUT2D eigenvalue weighted by Crippen LogP contribution is 2.26. The maximum absolute atomic E-state index is 12.0. The third-order valence-corrected chi connectivity index (χ3v) is 4.73. The monoisotopic (exact) mass is 387 g/mol. The van der Waals surface area contributed by atoms with Gasteiger partial charge in [-0.2, -0.15) is 0 Å². The van der Waals surface area contributed by atoms with Crippen LogP contribution in [0, 0.1) is 6.92 Å². The summed E-state index contributed by atoms with van der Waals surface area (Å²) in [6, 6.07) is 9.15. The summed E-state index contributed by atoms with van der Waals surface area (Å²) in [6.07, 6.45) is 3.23. The number of nitrogens with zero attached hydrogens (tertiary/aromatic N) is 3. The number of methoxy groups -OCH3 is 1. The minimum atomic E-state index is -3.96. The molecule has 3 rings (SSSR count). The van der Waals surface area contributed by atoms with Crippen molar-refractivity contribution in [1.29, 1.82) is 0 Å². The van der Waals surface area contributed by atoms with Gasteiger partial charge in [0, 0.05) is 17.8 Å². The lowest BCUT2D eigenvalue weighted by molar-refractivity contribution is -0.137. The third-order valence-electron chi connectivity index (χ3n) is 3.70. The van der Waals surface area contributed by atoms with E-state index >= 15 is 0 Å². The van der Waals surface area contributed by atoms with Crippen LogP contribution in [-0.4, -0.2) is 42.2 Å². The number of hydrogen-bond acceptors (Lipinski definition) is 8. The number of hydrogen-bond donors (Lipinski definition) is 2. The number of carbonyl (C=O) groups excluding carboxylic acids is 1. The van der Waals surface area contributed by atoms with Gasteiger partial charge in [0.2, 0.25) is 10.0 Å². The molecule has 27 heavy (non-hydrogen) atoms. The summed E-state index contributed by atoms with van der Waals surface area (Å²) >= 11 is 0. The Morgan fingerprint density at radius 1 is 1.19 bits per heavy atom. The third kappa shape index (κ3) is 4.36. The molecule has 0 aliphatic heterocycles. The Labute approximate surface area is 155 Å². The Morgan fingerprint density at radius 2 is 1.93 bits per heavy atom. The summed E-state index contributed by atoms with van der Waals surface area (Å²) in [5, 5.41) is 0.752. The molecule has 0 aliphatic rings. The van der Waals surface area contributed by atoms with Crippen LogP contribution < -0.4 is 10.3 Å². The van der Waals surface area contributed by atoms with E-state index in [0.29, 0.717) is 16.9 Å². The van der Waals surface area contributed by atoms with Gasteiger partial charge in [0.25, 0.3) is 0 Å². The predicted molar refractivity (Wildman–Crippen MR) is 100 cm³/mol. The number of anilines is 1. The molecule has 0 aliphatic carbocycles. The largest absolute Gasteiger partial charge is 0.468 e. The van der Waals surface area contributed by atoms with Crippen LogP contribution in [0.3, 0.4) is 0 Å². The van der Waals surface area contributed by atoms with Crippen LogP contribution in [0.4, 0.5) is 5.82 Å². The first kappa shape index (κ1) is 18.7. The summed E-state index contributed by atoms with van der Waals surface area (Å²) in [4.78, 5) is 26.4. The topological polar surface area (TPSA) is 123 Å². The van der Waals surface area contributed by atoms with Gasteiger partial charge in [-0.1, -0.05) is 12.1 Å². The fraction of sp³-hybridized carbons (Fsp3) is 0.176. The van der Waals surface area contributed by atoms with Crippen LogP contribution in [0.15, 0.2) is 42.7 Å². The number of sulfonamides is 1. The summed E-state index contributed by atoms with van der Waals surface area (Å²) in [5.74, 6) is -1.50. The maximum atomic E-state index is 12.0. The fourth-order valence-electron chi connectivity index (χ4n) is 2.42. The molecule has 3 heterocycles. The quantitative estimate of drug-likeness (QED) is 0.481. The Kier molecular flexibility index (Phi) is 5.28. The van der Waals surface area contributed by atoms with E-state index in [2.05, 4.69) is 29.9 Å². The van der Waals surface area contributed by atoms with Gasteiger partial charge in [-0.15, -0.1) is 4.83 Å². The molecule has 9 nitrogen and oxygen atoms in total. The number of rotatable bonds is 6. The molecule has 10 heteroatoms. The van der Waals surface area contributed by atoms with E-state index in [9.17, 15) is 13.2 Å². The van der Waals surface area contributed by atoms with Crippen molar-refractivity contribution in [2.24, 2.45) is 0 Å². The van der Waals surface area contributed by atoms with E-state index in [0.717, 1.165) is 18.1 Å². The molecule has 0 radical (unpaired) electrons. The van der Waals surface area contributed by atoms with Crippen molar-refractivity contribution in [3.8, 4) is 11.4 Å². The SMILES string of the molecule is COC(=O)CS(=O)(=O)NNc1nc(-c2ncccc2C)cc2cccnc12. The first-order valence-corrected chi connectivity index (χ1v) is 9.55. The number of pyridine rings is 3. The molecular weight excluding hydrogens is 370 g/mol. The van der Waals surface area contributed by atoms with Crippen molar-refractivity contribution in [3.63, 3.8) is 0 Å². The fourth-order valence-corrected chi connectivity index (χ4v) is 3.18. The number of aromatic nitrogens is 3. The van der Waals surface area contributed by atoms with E-state index in [1.54, 1.807) is 18.5 Å². The summed E-state index contributed by atoms with van der Waals surface area (Å²) in [7, 11) is -2.85. The van der Waals surface area contributed by atoms with Crippen molar-refractivity contribution in [2.45, 2.75) is 6.92 Å². The maximum Gasteiger partial charge on any atom is 0.322 e. The molecule has 0 saturated carbocycles. The van der Waals surface area contributed by atoms with E-state index in [-0.39, 0.29) is 5.82 Å². The molecule has 0 bridgehead atoms. The minimum absolute atomic E-state index is 0.196. The molecule has 3 aromatic heterocycles. The van der Waals surface area contributed by atoms with E-state index in [4.69, 9.17) is 0 Å². The van der Waals surface area contributed by atoms with Crippen LogP contribution in [0.5, 0.6) is 0 Å². The van der Waals surface area contributed by atoms with E-state index in [1.165, 1.54) is 0 Å². The smallest absolute Gasteiger partial charge is 0.322 e. The van der Waals surface area contributed by atoms with Crippen LogP contribution >= 0.6 is 0 Å². The molecule has 0 unspecified atom stereocenters. The summed E-state index contributed by atoms with van der Waals surface area (Å²) in [6.45, 7) is 1.91. The molecule has 3 aromatic rings. The summed E-state index contributed by atoms with van der Waals surface area (Å²) in [5.41, 5.74) is 5.16. The number of esters is 1. The van der Waals surface area contributed by atoms with Gasteiger partial charge in [0.05, 0.1) is 18.5 Å². The van der Waals surface area contributed by atoms with E-state index < -0.39 is 21.7 Å². The molecule has 2 N–H and O–H groups in total. The molecule has 0 saturated heterocycles. The Hall–Kier alpha value is -3.11. The Balaban J connectivity index is 1.99. The first-order valence-electron chi connectivity index (χ1n) is 7.90. The van der Waals surface area contributed by atoms with Crippen LogP contribution in [0.25, 0.3) is 22.3 Å². The number of hydrazine groups is 1. The second-order valence-corrected chi connectivity index (χ2v) is 7.38. The number of carbonyl (C=O) groups is 1. The molecule has 0 aromatic carbocycles. The molecule has 0 atom stereocenters. The Bertz CT molecular complexity index is 1100. The zero-order chi connectivity index (χ0) is 19.4. The Morgan fingerprint density at radius 3 is 2.67 bits per heavy atom. The van der Waals surface area contributed by atoms with Gasteiger partial charge < -0.3 is 4.74 Å². The highest BCUT2D eigenvalue weighted by atomic mass is 32.2. The van der Waals surface area contributed by atoms with Gasteiger partial charge in [0.15, 0.2) is 11.6 Å². The second kappa shape index (κ2) is 7.64. The van der Waals surface area contributed by atoms with Crippen molar-refractivity contribution in [1.82, 2.24) is 19.8 Å². The van der Waals surface area contributed by atoms with Crippen molar-refractivity contribution in [2.75, 3.05) is 18.3 Å². The second-order valence-electron chi connectivity index (χ2n) is 5.66. The van der Waals surface area contributed by atoms with Crippen LogP contribution in [0.2, 0.25) is 0 Å². The zero-order valence-corrected chi connectivity index (χ0v) is 15.4. The van der Waals surface area contributed by atoms with Crippen LogP contribution in [-0.2, 0) is 19.6 Å². The molecule has 0 fully saturated rings. The van der Waals surface area contributed by atoms with Crippen molar-refractivity contribution >= 4 is 32.7 Å². The van der Waals surface area contributed by atoms with Gasteiger partial charge in [-0.05, 0) is 30.7 Å². The molecular formula is C17H17N5O4S. The molecule has 0 amide bonds. The molecule has 140 valence electrons. The average Bonchev–Trinajstić information content (AvgIpc) is 2.66. The highest BCUT2D eigenvalue weighted by Gasteiger charge is 2.18. The molecule has 0 spiro atoms. The zero-order valence-electron chi connectivity index (χ0n) is 14.6. The van der Waals surface area contributed by atoms with Gasteiger partial charge >= 0.3 is 5.97 Å².